The molecule has 1 rings (SSSR count). The molecule has 1 atom stereocenters. The maximum atomic E-state index is 11.1. The van der Waals surface area contributed by atoms with E-state index in [1.165, 1.54) is 38.2 Å². The molecule has 0 heterocycles. The second-order valence-corrected chi connectivity index (χ2v) is 4.40. The zero-order valence-electron chi connectivity index (χ0n) is 10.4. The Labute approximate surface area is 98.2 Å². The number of rotatable bonds is 5. The predicted octanol–water partition coefficient (Wildman–Crippen LogP) is 2.42. The Hall–Kier alpha value is -0.830. The molecule has 1 unspecified atom stereocenters. The lowest BCUT2D eigenvalue weighted by Gasteiger charge is -2.25. The van der Waals surface area contributed by atoms with E-state index in [1.807, 2.05) is 13.0 Å². The van der Waals surface area contributed by atoms with E-state index in [2.05, 4.69) is 12.2 Å². The molecule has 0 saturated heterocycles. The Morgan fingerprint density at radius 3 is 2.75 bits per heavy atom. The van der Waals surface area contributed by atoms with Crippen LogP contribution in [0, 0.1) is 0 Å². The first-order valence-corrected chi connectivity index (χ1v) is 6.33. The van der Waals surface area contributed by atoms with Gasteiger partial charge >= 0.3 is 5.97 Å². The molecule has 3 heteroatoms. The van der Waals surface area contributed by atoms with Crippen LogP contribution in [0.2, 0.25) is 0 Å². The van der Waals surface area contributed by atoms with Crippen molar-refractivity contribution in [3.05, 3.63) is 12.2 Å². The third-order valence-electron chi connectivity index (χ3n) is 2.91. The van der Waals surface area contributed by atoms with Crippen molar-refractivity contribution in [2.24, 2.45) is 0 Å². The van der Waals surface area contributed by atoms with Crippen molar-refractivity contribution in [1.82, 2.24) is 5.32 Å². The average Bonchev–Trinajstić information content (AvgIpc) is 2.28. The Balaban J connectivity index is 2.23. The first kappa shape index (κ1) is 13.2. The van der Waals surface area contributed by atoms with Crippen LogP contribution in [-0.2, 0) is 9.53 Å². The Morgan fingerprint density at radius 2 is 2.12 bits per heavy atom. The van der Waals surface area contributed by atoms with Crippen LogP contribution in [0.25, 0.3) is 0 Å². The number of carbonyl (C=O) groups is 1. The molecule has 0 aromatic heterocycles. The van der Waals surface area contributed by atoms with E-state index < -0.39 is 0 Å². The second kappa shape index (κ2) is 7.44. The summed E-state index contributed by atoms with van der Waals surface area (Å²) in [6.45, 7) is 4.33. The molecule has 1 N–H and O–H groups in total. The van der Waals surface area contributed by atoms with Crippen molar-refractivity contribution in [2.75, 3.05) is 6.61 Å². The van der Waals surface area contributed by atoms with Crippen LogP contribution in [0.1, 0.15) is 46.0 Å². The zero-order chi connectivity index (χ0) is 11.8. The number of nitrogens with one attached hydrogen (secondary N) is 1. The minimum absolute atomic E-state index is 0.243. The first-order valence-electron chi connectivity index (χ1n) is 6.33. The highest BCUT2D eigenvalue weighted by atomic mass is 16.5. The lowest BCUT2D eigenvalue weighted by atomic mass is 9.95. The van der Waals surface area contributed by atoms with E-state index in [1.54, 1.807) is 0 Å². The third kappa shape index (κ3) is 5.31. The van der Waals surface area contributed by atoms with E-state index in [4.69, 9.17) is 4.74 Å². The van der Waals surface area contributed by atoms with Gasteiger partial charge in [0.1, 0.15) is 0 Å². The molecule has 0 radical (unpaired) electrons. The molecule has 3 nitrogen and oxygen atoms in total. The van der Waals surface area contributed by atoms with Gasteiger partial charge in [-0.15, -0.1) is 0 Å². The van der Waals surface area contributed by atoms with Crippen molar-refractivity contribution in [1.29, 1.82) is 0 Å². The van der Waals surface area contributed by atoms with Gasteiger partial charge in [-0.25, -0.2) is 4.79 Å². The minimum atomic E-state index is -0.250. The van der Waals surface area contributed by atoms with E-state index in [0.29, 0.717) is 12.6 Å². The van der Waals surface area contributed by atoms with Crippen molar-refractivity contribution in [3.8, 4) is 0 Å². The maximum absolute atomic E-state index is 11.1. The summed E-state index contributed by atoms with van der Waals surface area (Å²) < 4.78 is 4.83. The fourth-order valence-corrected chi connectivity index (χ4v) is 2.11. The van der Waals surface area contributed by atoms with Gasteiger partial charge < -0.3 is 10.1 Å². The van der Waals surface area contributed by atoms with E-state index in [0.717, 1.165) is 0 Å². The quantitative estimate of drug-likeness (QED) is 0.577. The lowest BCUT2D eigenvalue weighted by Crippen LogP contribution is -2.36. The summed E-state index contributed by atoms with van der Waals surface area (Å²) >= 11 is 0. The van der Waals surface area contributed by atoms with Gasteiger partial charge in [0.15, 0.2) is 0 Å². The number of ether oxygens (including phenoxy) is 1. The van der Waals surface area contributed by atoms with Crippen LogP contribution >= 0.6 is 0 Å². The SMILES string of the molecule is CCOC(=O)/C=C/C(C)NC1CCCCC1. The molecule has 1 aliphatic rings. The normalized spacial score (nSPS) is 19.9. The van der Waals surface area contributed by atoms with Crippen LogP contribution in [0.5, 0.6) is 0 Å². The van der Waals surface area contributed by atoms with Crippen molar-refractivity contribution in [2.45, 2.75) is 58.0 Å². The summed E-state index contributed by atoms with van der Waals surface area (Å²) in [5.41, 5.74) is 0. The number of hydrogen-bond acceptors (Lipinski definition) is 3. The molecular formula is C13H23NO2. The van der Waals surface area contributed by atoms with Gasteiger partial charge in [-0.1, -0.05) is 25.3 Å². The molecule has 1 saturated carbocycles. The molecule has 0 amide bonds. The van der Waals surface area contributed by atoms with Crippen molar-refractivity contribution >= 4 is 5.97 Å². The van der Waals surface area contributed by atoms with Gasteiger partial charge in [0.05, 0.1) is 6.61 Å². The van der Waals surface area contributed by atoms with Gasteiger partial charge in [0.25, 0.3) is 0 Å². The lowest BCUT2D eigenvalue weighted by molar-refractivity contribution is -0.137. The Kier molecular flexibility index (Phi) is 6.16. The molecule has 92 valence electrons. The van der Waals surface area contributed by atoms with E-state index in [-0.39, 0.29) is 12.0 Å². The van der Waals surface area contributed by atoms with Gasteiger partial charge in [0, 0.05) is 18.2 Å². The second-order valence-electron chi connectivity index (χ2n) is 4.40. The predicted molar refractivity (Wildman–Crippen MR) is 65.2 cm³/mol. The topological polar surface area (TPSA) is 38.3 Å². The molecule has 0 bridgehead atoms. The van der Waals surface area contributed by atoms with Gasteiger partial charge in [-0.3, -0.25) is 0 Å². The molecule has 1 aliphatic carbocycles. The molecule has 0 aliphatic heterocycles. The van der Waals surface area contributed by atoms with Crippen molar-refractivity contribution < 1.29 is 9.53 Å². The fourth-order valence-electron chi connectivity index (χ4n) is 2.11. The standard InChI is InChI=1S/C13H23NO2/c1-3-16-13(15)10-9-11(2)14-12-7-5-4-6-8-12/h9-12,14H,3-8H2,1-2H3/b10-9+. The van der Waals surface area contributed by atoms with Crippen LogP contribution < -0.4 is 5.32 Å². The zero-order valence-corrected chi connectivity index (χ0v) is 10.4. The van der Waals surface area contributed by atoms with Crippen molar-refractivity contribution in [3.63, 3.8) is 0 Å². The highest BCUT2D eigenvalue weighted by molar-refractivity contribution is 5.81. The van der Waals surface area contributed by atoms with Crippen LogP contribution in [0.4, 0.5) is 0 Å². The van der Waals surface area contributed by atoms with E-state index >= 15 is 0 Å². The number of carbonyl (C=O) groups excluding carboxylic acids is 1. The minimum Gasteiger partial charge on any atom is -0.463 e. The van der Waals surface area contributed by atoms with Gasteiger partial charge in [-0.05, 0) is 26.7 Å². The summed E-state index contributed by atoms with van der Waals surface area (Å²) in [5.74, 6) is -0.250. The fraction of sp³-hybridized carbons (Fsp3) is 0.769. The average molecular weight is 225 g/mol. The smallest absolute Gasteiger partial charge is 0.330 e. The monoisotopic (exact) mass is 225 g/mol. The molecule has 0 spiro atoms. The van der Waals surface area contributed by atoms with Crippen LogP contribution in [-0.4, -0.2) is 24.7 Å². The Bertz CT molecular complexity index is 232. The molecule has 0 aromatic rings. The molecule has 16 heavy (non-hydrogen) atoms. The number of hydrogen-bond donors (Lipinski definition) is 1. The highest BCUT2D eigenvalue weighted by Crippen LogP contribution is 2.17. The number of esters is 1. The summed E-state index contributed by atoms with van der Waals surface area (Å²) in [7, 11) is 0. The third-order valence-corrected chi connectivity index (χ3v) is 2.91. The summed E-state index contributed by atoms with van der Waals surface area (Å²) in [6, 6.07) is 0.864. The largest absolute Gasteiger partial charge is 0.463 e. The molecule has 0 aromatic carbocycles. The summed E-state index contributed by atoms with van der Waals surface area (Å²) in [6.07, 6.45) is 9.94. The highest BCUT2D eigenvalue weighted by Gasteiger charge is 2.14. The van der Waals surface area contributed by atoms with Crippen LogP contribution in [0.3, 0.4) is 0 Å². The van der Waals surface area contributed by atoms with Gasteiger partial charge in [0.2, 0.25) is 0 Å². The first-order chi connectivity index (χ1) is 7.72. The van der Waals surface area contributed by atoms with E-state index in [9.17, 15) is 4.79 Å². The molecular weight excluding hydrogens is 202 g/mol. The summed E-state index contributed by atoms with van der Waals surface area (Å²) in [5, 5.41) is 3.52. The molecule has 1 fully saturated rings. The van der Waals surface area contributed by atoms with Gasteiger partial charge in [-0.2, -0.15) is 0 Å². The van der Waals surface area contributed by atoms with Crippen LogP contribution in [0.15, 0.2) is 12.2 Å². The maximum Gasteiger partial charge on any atom is 0.330 e. The Morgan fingerprint density at radius 1 is 1.44 bits per heavy atom. The summed E-state index contributed by atoms with van der Waals surface area (Å²) in [4.78, 5) is 11.1.